The van der Waals surface area contributed by atoms with E-state index in [0.29, 0.717) is 23.2 Å². The molecule has 0 unspecified atom stereocenters. The molecule has 5 nitrogen and oxygen atoms in total. The summed E-state index contributed by atoms with van der Waals surface area (Å²) in [7, 11) is 0. The van der Waals surface area contributed by atoms with Crippen molar-refractivity contribution in [2.24, 2.45) is 0 Å². The van der Waals surface area contributed by atoms with Crippen LogP contribution in [-0.2, 0) is 6.54 Å². The van der Waals surface area contributed by atoms with Crippen molar-refractivity contribution in [3.63, 3.8) is 0 Å². The van der Waals surface area contributed by atoms with Crippen molar-refractivity contribution in [1.82, 2.24) is 15.6 Å². The summed E-state index contributed by atoms with van der Waals surface area (Å²) in [5.74, 6) is -0.0607. The van der Waals surface area contributed by atoms with Crippen LogP contribution in [0.15, 0.2) is 36.4 Å². The summed E-state index contributed by atoms with van der Waals surface area (Å²) in [6.45, 7) is 2.63. The van der Waals surface area contributed by atoms with Gasteiger partial charge in [-0.15, -0.1) is 0 Å². The molecule has 2 aliphatic heterocycles. The van der Waals surface area contributed by atoms with Crippen molar-refractivity contribution in [2.75, 3.05) is 18.4 Å². The molecule has 0 aliphatic carbocycles. The topological polar surface area (TPSA) is 69.0 Å². The molecule has 0 atom stereocenters. The molecule has 1 saturated heterocycles. The number of hydrogen-bond acceptors (Lipinski definition) is 3. The maximum atomic E-state index is 12.3. The van der Waals surface area contributed by atoms with Crippen molar-refractivity contribution in [2.45, 2.75) is 25.4 Å². The highest BCUT2D eigenvalue weighted by molar-refractivity contribution is 6.32. The fraction of sp³-hybridized carbons (Fsp3) is 0.286. The van der Waals surface area contributed by atoms with Crippen molar-refractivity contribution in [3.05, 3.63) is 52.5 Å². The molecule has 3 heterocycles. The number of rotatable bonds is 3. The van der Waals surface area contributed by atoms with E-state index in [1.807, 2.05) is 12.1 Å². The van der Waals surface area contributed by atoms with Crippen LogP contribution in [0.5, 0.6) is 0 Å². The van der Waals surface area contributed by atoms with Gasteiger partial charge in [0, 0.05) is 51.0 Å². The molecule has 2 aromatic carbocycles. The lowest BCUT2D eigenvalue weighted by Gasteiger charge is -2.24. The molecular formula is C21H21ClN4O. The quantitative estimate of drug-likeness (QED) is 0.557. The molecule has 1 aromatic heterocycles. The summed E-state index contributed by atoms with van der Waals surface area (Å²) in [4.78, 5) is 15.8. The van der Waals surface area contributed by atoms with Gasteiger partial charge in [-0.25, -0.2) is 0 Å². The Morgan fingerprint density at radius 1 is 1.07 bits per heavy atom. The molecule has 1 fully saturated rings. The Morgan fingerprint density at radius 3 is 2.78 bits per heavy atom. The first kappa shape index (κ1) is 16.7. The summed E-state index contributed by atoms with van der Waals surface area (Å²) >= 11 is 6.27. The van der Waals surface area contributed by atoms with Gasteiger partial charge in [0.25, 0.3) is 5.91 Å². The number of hydrogen-bond donors (Lipinski definition) is 4. The zero-order chi connectivity index (χ0) is 18.4. The van der Waals surface area contributed by atoms with Crippen molar-refractivity contribution >= 4 is 34.1 Å². The van der Waals surface area contributed by atoms with Gasteiger partial charge >= 0.3 is 0 Å². The second kappa shape index (κ2) is 6.59. The van der Waals surface area contributed by atoms with Gasteiger partial charge in [0.05, 0.1) is 5.56 Å². The van der Waals surface area contributed by atoms with Crippen LogP contribution < -0.4 is 16.0 Å². The monoisotopic (exact) mass is 380 g/mol. The molecule has 6 heteroatoms. The number of nitrogens with one attached hydrogen (secondary N) is 4. The van der Waals surface area contributed by atoms with E-state index in [2.05, 4.69) is 45.2 Å². The average Bonchev–Trinajstić information content (AvgIpc) is 3.27. The van der Waals surface area contributed by atoms with E-state index in [-0.39, 0.29) is 5.91 Å². The molecule has 2 aliphatic rings. The first-order valence-electron chi connectivity index (χ1n) is 9.39. The van der Waals surface area contributed by atoms with E-state index in [4.69, 9.17) is 11.6 Å². The second-order valence-corrected chi connectivity index (χ2v) is 7.69. The van der Waals surface area contributed by atoms with Gasteiger partial charge in [0.15, 0.2) is 0 Å². The van der Waals surface area contributed by atoms with Gasteiger partial charge in [0.2, 0.25) is 0 Å². The van der Waals surface area contributed by atoms with Gasteiger partial charge in [-0.05, 0) is 56.3 Å². The highest BCUT2D eigenvalue weighted by Gasteiger charge is 2.26. The number of halogens is 1. The molecule has 5 rings (SSSR count). The first-order chi connectivity index (χ1) is 13.2. The fourth-order valence-corrected chi connectivity index (χ4v) is 4.33. The van der Waals surface area contributed by atoms with Crippen LogP contribution >= 0.6 is 11.6 Å². The number of piperidine rings is 1. The molecule has 1 amide bonds. The van der Waals surface area contributed by atoms with Crippen LogP contribution in [-0.4, -0.2) is 30.0 Å². The van der Waals surface area contributed by atoms with Crippen LogP contribution in [0.4, 0.5) is 5.69 Å². The molecule has 138 valence electrons. The number of aromatic amines is 1. The van der Waals surface area contributed by atoms with E-state index in [0.717, 1.165) is 59.3 Å². The van der Waals surface area contributed by atoms with E-state index in [1.165, 1.54) is 0 Å². The molecule has 0 bridgehead atoms. The normalized spacial score (nSPS) is 17.1. The Hall–Kier alpha value is -2.50. The first-order valence-corrected chi connectivity index (χ1v) is 9.77. The number of aromatic nitrogens is 1. The smallest absolute Gasteiger partial charge is 0.252 e. The van der Waals surface area contributed by atoms with Crippen molar-refractivity contribution in [1.29, 1.82) is 0 Å². The Balaban J connectivity index is 1.51. The number of H-pyrrole nitrogens is 1. The third-order valence-electron chi connectivity index (χ3n) is 5.53. The van der Waals surface area contributed by atoms with E-state index < -0.39 is 0 Å². The lowest BCUT2D eigenvalue weighted by atomic mass is 10.0. The van der Waals surface area contributed by atoms with Crippen LogP contribution in [0.3, 0.4) is 0 Å². The molecule has 0 radical (unpaired) electrons. The number of carbonyl (C=O) groups is 1. The summed E-state index contributed by atoms with van der Waals surface area (Å²) in [6.07, 6.45) is 2.28. The molecular weight excluding hydrogens is 360 g/mol. The molecule has 3 aromatic rings. The fourth-order valence-electron chi connectivity index (χ4n) is 4.11. The number of fused-ring (bicyclic) bond motifs is 2. The average molecular weight is 381 g/mol. The molecule has 27 heavy (non-hydrogen) atoms. The predicted molar refractivity (Wildman–Crippen MR) is 109 cm³/mol. The van der Waals surface area contributed by atoms with Gasteiger partial charge in [0.1, 0.15) is 0 Å². The predicted octanol–water partition coefficient (Wildman–Crippen LogP) is 3.90. The van der Waals surface area contributed by atoms with E-state index in [9.17, 15) is 4.79 Å². The molecule has 0 spiro atoms. The zero-order valence-corrected chi connectivity index (χ0v) is 15.6. The Labute approximate surface area is 162 Å². The maximum absolute atomic E-state index is 12.3. The lowest BCUT2D eigenvalue weighted by molar-refractivity contribution is 0.0966. The minimum absolute atomic E-state index is 0.0607. The standard InChI is InChI=1S/C21H21ClN4O/c22-17-3-2-15(20-16(17)11-24-21(20)27)19-10-12-9-14(1-4-18(12)26-19)25-13-5-7-23-8-6-13/h1-4,9-10,13,23,25-26H,5-8,11H2,(H,24,27). The Bertz CT molecular complexity index is 1040. The van der Waals surface area contributed by atoms with Crippen molar-refractivity contribution < 1.29 is 4.79 Å². The third kappa shape index (κ3) is 2.97. The van der Waals surface area contributed by atoms with Gasteiger partial charge in [-0.1, -0.05) is 17.7 Å². The van der Waals surface area contributed by atoms with Gasteiger partial charge in [-0.2, -0.15) is 0 Å². The second-order valence-electron chi connectivity index (χ2n) is 7.28. The van der Waals surface area contributed by atoms with Crippen LogP contribution in [0.2, 0.25) is 5.02 Å². The van der Waals surface area contributed by atoms with Gasteiger partial charge in [-0.3, -0.25) is 4.79 Å². The largest absolute Gasteiger partial charge is 0.382 e. The van der Waals surface area contributed by atoms with Crippen LogP contribution in [0.1, 0.15) is 28.8 Å². The Kier molecular flexibility index (Phi) is 4.06. The molecule has 0 saturated carbocycles. The summed E-state index contributed by atoms with van der Waals surface area (Å²) < 4.78 is 0. The van der Waals surface area contributed by atoms with Crippen LogP contribution in [0.25, 0.3) is 22.2 Å². The Morgan fingerprint density at radius 2 is 1.93 bits per heavy atom. The number of amides is 1. The maximum Gasteiger partial charge on any atom is 0.252 e. The number of benzene rings is 2. The zero-order valence-electron chi connectivity index (χ0n) is 14.9. The summed E-state index contributed by atoms with van der Waals surface area (Å²) in [5.41, 5.74) is 5.60. The van der Waals surface area contributed by atoms with Gasteiger partial charge < -0.3 is 20.9 Å². The molecule has 4 N–H and O–H groups in total. The number of carbonyl (C=O) groups excluding carboxylic acids is 1. The highest BCUT2D eigenvalue weighted by atomic mass is 35.5. The summed E-state index contributed by atoms with van der Waals surface area (Å²) in [5, 5.41) is 11.7. The lowest BCUT2D eigenvalue weighted by Crippen LogP contribution is -2.35. The third-order valence-corrected chi connectivity index (χ3v) is 5.88. The van der Waals surface area contributed by atoms with E-state index in [1.54, 1.807) is 0 Å². The minimum atomic E-state index is -0.0607. The summed E-state index contributed by atoms with van der Waals surface area (Å²) in [6, 6.07) is 12.8. The van der Waals surface area contributed by atoms with Crippen LogP contribution in [0, 0.1) is 0 Å². The van der Waals surface area contributed by atoms with Crippen molar-refractivity contribution in [3.8, 4) is 11.3 Å². The SMILES string of the molecule is O=C1NCc2c(Cl)ccc(-c3cc4cc(NC5CCNCC5)ccc4[nH]3)c21. The number of anilines is 1. The minimum Gasteiger partial charge on any atom is -0.382 e. The van der Waals surface area contributed by atoms with E-state index >= 15 is 0 Å². The highest BCUT2D eigenvalue weighted by Crippen LogP contribution is 2.35.